The fraction of sp³-hybridized carbons (Fsp3) is 0.136. The van der Waals surface area contributed by atoms with E-state index in [0.29, 0.717) is 29.9 Å². The number of H-pyrrole nitrogens is 1. The van der Waals surface area contributed by atoms with Crippen LogP contribution in [0.15, 0.2) is 54.7 Å². The van der Waals surface area contributed by atoms with Crippen molar-refractivity contribution in [1.82, 2.24) is 20.2 Å². The van der Waals surface area contributed by atoms with Crippen LogP contribution in [0.25, 0.3) is 11.4 Å². The Morgan fingerprint density at radius 1 is 0.844 bits per heavy atom. The zero-order chi connectivity index (χ0) is 21.3. The van der Waals surface area contributed by atoms with Crippen molar-refractivity contribution >= 4 is 17.5 Å². The van der Waals surface area contributed by atoms with E-state index < -0.39 is 0 Å². The lowest BCUT2D eigenvalue weighted by atomic mass is 10.2. The van der Waals surface area contributed by atoms with Gasteiger partial charge in [-0.3, -0.25) is 0 Å². The van der Waals surface area contributed by atoms with E-state index in [1.807, 2.05) is 48.5 Å². The van der Waals surface area contributed by atoms with Crippen molar-refractivity contribution in [3.8, 4) is 34.4 Å². The van der Waals surface area contributed by atoms with Crippen LogP contribution in [0.5, 0.6) is 23.0 Å². The van der Waals surface area contributed by atoms with Gasteiger partial charge in [-0.2, -0.15) is 0 Å². The van der Waals surface area contributed by atoms with Gasteiger partial charge in [-0.1, -0.05) is 6.07 Å². The van der Waals surface area contributed by atoms with Crippen LogP contribution in [-0.4, -0.2) is 33.8 Å². The fourth-order valence-corrected chi connectivity index (χ4v) is 3.52. The zero-order valence-corrected chi connectivity index (χ0v) is 16.8. The molecule has 4 aromatic rings. The van der Waals surface area contributed by atoms with Gasteiger partial charge in [0.25, 0.3) is 0 Å². The van der Waals surface area contributed by atoms with Crippen molar-refractivity contribution < 1.29 is 18.9 Å². The molecule has 0 aliphatic carbocycles. The van der Waals surface area contributed by atoms with Gasteiger partial charge in [0, 0.05) is 24.5 Å². The molecule has 6 rings (SSSR count). The van der Waals surface area contributed by atoms with Gasteiger partial charge in [-0.05, 0) is 42.0 Å². The summed E-state index contributed by atoms with van der Waals surface area (Å²) < 4.78 is 21.6. The summed E-state index contributed by atoms with van der Waals surface area (Å²) in [7, 11) is 0. The minimum Gasteiger partial charge on any atom is -0.454 e. The summed E-state index contributed by atoms with van der Waals surface area (Å²) in [6.45, 7) is 1.05. The van der Waals surface area contributed by atoms with Crippen molar-refractivity contribution in [2.75, 3.05) is 24.2 Å². The Labute approximate surface area is 182 Å². The predicted octanol–water partition coefficient (Wildman–Crippen LogP) is 3.68. The number of aromatic amines is 1. The second-order valence-corrected chi connectivity index (χ2v) is 7.16. The van der Waals surface area contributed by atoms with Crippen LogP contribution < -0.4 is 29.6 Å². The van der Waals surface area contributed by atoms with Crippen molar-refractivity contribution in [2.45, 2.75) is 6.54 Å². The Morgan fingerprint density at radius 3 is 2.50 bits per heavy atom. The van der Waals surface area contributed by atoms with Gasteiger partial charge < -0.3 is 34.6 Å². The Morgan fingerprint density at radius 2 is 1.62 bits per heavy atom. The number of pyridine rings is 1. The molecule has 0 radical (unpaired) electrons. The van der Waals surface area contributed by atoms with Crippen LogP contribution in [0.2, 0.25) is 0 Å². The molecule has 10 heteroatoms. The van der Waals surface area contributed by atoms with Gasteiger partial charge in [0.15, 0.2) is 28.8 Å². The normalized spacial score (nSPS) is 13.2. The number of rotatable bonds is 6. The highest BCUT2D eigenvalue weighted by molar-refractivity contribution is 5.71. The van der Waals surface area contributed by atoms with Gasteiger partial charge in [0.1, 0.15) is 5.82 Å². The molecule has 32 heavy (non-hydrogen) atoms. The second kappa shape index (κ2) is 7.65. The van der Waals surface area contributed by atoms with E-state index in [9.17, 15) is 0 Å². The van der Waals surface area contributed by atoms with Crippen LogP contribution >= 0.6 is 0 Å². The molecule has 0 saturated carbocycles. The first-order chi connectivity index (χ1) is 15.8. The number of nitrogens with one attached hydrogen (secondary N) is 3. The maximum Gasteiger partial charge on any atom is 0.231 e. The average Bonchev–Trinajstić information content (AvgIpc) is 3.58. The number of anilines is 3. The number of hydrogen-bond acceptors (Lipinski definition) is 9. The van der Waals surface area contributed by atoms with E-state index in [4.69, 9.17) is 18.9 Å². The molecule has 160 valence electrons. The Kier molecular flexibility index (Phi) is 4.38. The molecule has 4 heterocycles. The first kappa shape index (κ1) is 18.3. The lowest BCUT2D eigenvalue weighted by Crippen LogP contribution is -2.03. The molecule has 0 unspecified atom stereocenters. The summed E-state index contributed by atoms with van der Waals surface area (Å²) in [4.78, 5) is 7.67. The third-order valence-electron chi connectivity index (χ3n) is 5.08. The van der Waals surface area contributed by atoms with E-state index in [1.165, 1.54) is 0 Å². The van der Waals surface area contributed by atoms with Crippen molar-refractivity contribution in [2.24, 2.45) is 0 Å². The summed E-state index contributed by atoms with van der Waals surface area (Å²) in [6.07, 6.45) is 1.73. The smallest absolute Gasteiger partial charge is 0.231 e. The van der Waals surface area contributed by atoms with Gasteiger partial charge in [-0.25, -0.2) is 4.98 Å². The Hall–Kier alpha value is -4.47. The van der Waals surface area contributed by atoms with Gasteiger partial charge in [-0.15, -0.1) is 10.2 Å². The van der Waals surface area contributed by atoms with Crippen LogP contribution in [0, 0.1) is 0 Å². The number of fused-ring (bicyclic) bond motifs is 2. The molecule has 10 nitrogen and oxygen atoms in total. The highest BCUT2D eigenvalue weighted by Crippen LogP contribution is 2.35. The molecule has 0 atom stereocenters. The van der Waals surface area contributed by atoms with Crippen molar-refractivity contribution in [3.05, 3.63) is 60.3 Å². The SMILES string of the molecule is c1cnc(NCc2ccc3c(c2)OCO3)c(-c2nnc(Nc3ccc4c(c3)OCO4)[nH]2)c1. The average molecular weight is 430 g/mol. The van der Waals surface area contributed by atoms with E-state index in [0.717, 1.165) is 34.1 Å². The molecular formula is C22H18N6O4. The molecule has 0 saturated heterocycles. The molecule has 0 bridgehead atoms. The molecule has 0 fully saturated rings. The number of ether oxygens (including phenoxy) is 4. The van der Waals surface area contributed by atoms with Gasteiger partial charge in [0.05, 0.1) is 5.56 Å². The zero-order valence-electron chi connectivity index (χ0n) is 16.8. The maximum absolute atomic E-state index is 5.45. The maximum atomic E-state index is 5.45. The third-order valence-corrected chi connectivity index (χ3v) is 5.08. The molecule has 2 aliphatic heterocycles. The predicted molar refractivity (Wildman–Crippen MR) is 115 cm³/mol. The first-order valence-corrected chi connectivity index (χ1v) is 9.99. The molecule has 2 aromatic carbocycles. The summed E-state index contributed by atoms with van der Waals surface area (Å²) in [5.74, 6) is 4.71. The van der Waals surface area contributed by atoms with Crippen molar-refractivity contribution in [1.29, 1.82) is 0 Å². The van der Waals surface area contributed by atoms with E-state index in [-0.39, 0.29) is 13.6 Å². The van der Waals surface area contributed by atoms with Crippen LogP contribution in [0.3, 0.4) is 0 Å². The topological polar surface area (TPSA) is 115 Å². The quantitative estimate of drug-likeness (QED) is 0.421. The summed E-state index contributed by atoms with van der Waals surface area (Å²) in [5.41, 5.74) is 2.66. The molecule has 2 aromatic heterocycles. The minimum absolute atomic E-state index is 0.230. The van der Waals surface area contributed by atoms with Crippen LogP contribution in [0.1, 0.15) is 5.56 Å². The highest BCUT2D eigenvalue weighted by Gasteiger charge is 2.16. The summed E-state index contributed by atoms with van der Waals surface area (Å²) >= 11 is 0. The van der Waals surface area contributed by atoms with E-state index in [2.05, 4.69) is 30.8 Å². The third kappa shape index (κ3) is 3.47. The lowest BCUT2D eigenvalue weighted by Gasteiger charge is -2.09. The highest BCUT2D eigenvalue weighted by atomic mass is 16.7. The van der Waals surface area contributed by atoms with E-state index >= 15 is 0 Å². The van der Waals surface area contributed by atoms with Crippen molar-refractivity contribution in [3.63, 3.8) is 0 Å². The minimum atomic E-state index is 0.230. The number of aromatic nitrogens is 4. The molecule has 3 N–H and O–H groups in total. The molecule has 0 amide bonds. The number of hydrogen-bond donors (Lipinski definition) is 3. The lowest BCUT2D eigenvalue weighted by molar-refractivity contribution is 0.173. The summed E-state index contributed by atoms with van der Waals surface area (Å²) in [5, 5.41) is 15.0. The molecular weight excluding hydrogens is 412 g/mol. The van der Waals surface area contributed by atoms with Gasteiger partial charge in [0.2, 0.25) is 19.5 Å². The Bertz CT molecular complexity index is 1290. The molecule has 2 aliphatic rings. The van der Waals surface area contributed by atoms with Crippen LogP contribution in [0.4, 0.5) is 17.5 Å². The van der Waals surface area contributed by atoms with E-state index in [1.54, 1.807) is 6.20 Å². The standard InChI is InChI=1S/C22H18N6O4/c1-2-15(20(23-7-1)24-10-13-3-5-16-18(8-13)31-11-29-16)21-26-22(28-27-21)25-14-4-6-17-19(9-14)32-12-30-17/h1-9H,10-12H2,(H,23,24)(H2,25,26,27,28). The largest absolute Gasteiger partial charge is 0.454 e. The Balaban J connectivity index is 1.19. The fourth-order valence-electron chi connectivity index (χ4n) is 3.52. The number of nitrogens with zero attached hydrogens (tertiary/aromatic N) is 3. The molecule has 0 spiro atoms. The summed E-state index contributed by atoms with van der Waals surface area (Å²) in [6, 6.07) is 15.2. The number of benzene rings is 2. The monoisotopic (exact) mass is 430 g/mol. The second-order valence-electron chi connectivity index (χ2n) is 7.16. The van der Waals surface area contributed by atoms with Crippen LogP contribution in [-0.2, 0) is 6.54 Å². The van der Waals surface area contributed by atoms with Gasteiger partial charge >= 0.3 is 0 Å². The first-order valence-electron chi connectivity index (χ1n) is 9.99.